The number of carbonyl (C=O) groups excluding carboxylic acids is 1. The molecule has 1 unspecified atom stereocenters. The van der Waals surface area contributed by atoms with Crippen molar-refractivity contribution in [3.05, 3.63) is 59.4 Å². The molecule has 2 heterocycles. The number of amides is 1. The number of benzene rings is 1. The second-order valence-corrected chi connectivity index (χ2v) is 7.22. The molecule has 1 atom stereocenters. The number of nitrogens with zero attached hydrogens (tertiary/aromatic N) is 1. The van der Waals surface area contributed by atoms with Gasteiger partial charge in [0.05, 0.1) is 18.8 Å². The zero-order chi connectivity index (χ0) is 17.9. The first-order valence-electron chi connectivity index (χ1n) is 9.32. The lowest BCUT2D eigenvalue weighted by atomic mass is 9.74. The molecule has 26 heavy (non-hydrogen) atoms. The van der Waals surface area contributed by atoms with E-state index >= 15 is 0 Å². The van der Waals surface area contributed by atoms with Crippen LogP contribution in [-0.2, 0) is 17.6 Å². The Hall–Kier alpha value is -2.40. The molecule has 1 aliphatic heterocycles. The highest BCUT2D eigenvalue weighted by atomic mass is 16.5. The van der Waals surface area contributed by atoms with Gasteiger partial charge in [0.1, 0.15) is 5.75 Å². The molecular weight excluding hydrogens is 328 g/mol. The van der Waals surface area contributed by atoms with Gasteiger partial charge >= 0.3 is 0 Å². The molecule has 0 spiro atoms. The minimum atomic E-state index is -0.245. The zero-order valence-corrected chi connectivity index (χ0v) is 14.7. The molecule has 5 nitrogen and oxygen atoms in total. The Morgan fingerprint density at radius 1 is 1.31 bits per heavy atom. The molecule has 1 aliphatic carbocycles. The molecule has 1 aromatic carbocycles. The summed E-state index contributed by atoms with van der Waals surface area (Å²) < 4.78 is 5.59. The van der Waals surface area contributed by atoms with Crippen LogP contribution in [0.25, 0.3) is 0 Å². The first kappa shape index (κ1) is 17.0. The summed E-state index contributed by atoms with van der Waals surface area (Å²) in [6.45, 7) is 0.724. The number of nitrogens with one attached hydrogen (secondary N) is 1. The number of hydrogen-bond donors (Lipinski definition) is 2. The fourth-order valence-electron chi connectivity index (χ4n) is 3.81. The topological polar surface area (TPSA) is 71.5 Å². The van der Waals surface area contributed by atoms with Crippen molar-refractivity contribution in [3.63, 3.8) is 0 Å². The summed E-state index contributed by atoms with van der Waals surface area (Å²) in [6, 6.07) is 11.9. The van der Waals surface area contributed by atoms with E-state index in [2.05, 4.69) is 16.4 Å². The van der Waals surface area contributed by atoms with E-state index < -0.39 is 0 Å². The summed E-state index contributed by atoms with van der Waals surface area (Å²) >= 11 is 0. The SMILES string of the molecule is O=C(CCc1ccccn1)NC(c1ccc2c(c1)CCO2)C1CC(O)C1. The number of aliphatic hydroxyl groups excluding tert-OH is 1. The van der Waals surface area contributed by atoms with Crippen molar-refractivity contribution in [2.24, 2.45) is 5.92 Å². The van der Waals surface area contributed by atoms with Gasteiger partial charge in [0, 0.05) is 24.7 Å². The number of hydrogen-bond acceptors (Lipinski definition) is 4. The third kappa shape index (κ3) is 3.73. The summed E-state index contributed by atoms with van der Waals surface area (Å²) in [5.74, 6) is 1.26. The zero-order valence-electron chi connectivity index (χ0n) is 14.7. The van der Waals surface area contributed by atoms with Crippen LogP contribution >= 0.6 is 0 Å². The molecule has 1 amide bonds. The summed E-state index contributed by atoms with van der Waals surface area (Å²) in [7, 11) is 0. The maximum absolute atomic E-state index is 12.5. The van der Waals surface area contributed by atoms with E-state index in [1.807, 2.05) is 30.3 Å². The van der Waals surface area contributed by atoms with Gasteiger partial charge in [0.15, 0.2) is 0 Å². The van der Waals surface area contributed by atoms with Gasteiger partial charge in [-0.2, -0.15) is 0 Å². The van der Waals surface area contributed by atoms with Gasteiger partial charge in [0.25, 0.3) is 0 Å². The van der Waals surface area contributed by atoms with E-state index in [0.29, 0.717) is 12.8 Å². The van der Waals surface area contributed by atoms with Gasteiger partial charge in [-0.25, -0.2) is 0 Å². The maximum atomic E-state index is 12.5. The van der Waals surface area contributed by atoms with Crippen LogP contribution in [0.2, 0.25) is 0 Å². The maximum Gasteiger partial charge on any atom is 0.220 e. The van der Waals surface area contributed by atoms with Crippen molar-refractivity contribution in [1.29, 1.82) is 0 Å². The van der Waals surface area contributed by atoms with Gasteiger partial charge in [-0.1, -0.05) is 12.1 Å². The van der Waals surface area contributed by atoms with Crippen LogP contribution < -0.4 is 10.1 Å². The first-order chi connectivity index (χ1) is 12.7. The monoisotopic (exact) mass is 352 g/mol. The van der Waals surface area contributed by atoms with Crippen LogP contribution in [0.4, 0.5) is 0 Å². The van der Waals surface area contributed by atoms with Gasteiger partial charge in [-0.3, -0.25) is 9.78 Å². The van der Waals surface area contributed by atoms with E-state index in [0.717, 1.165) is 42.9 Å². The molecule has 0 radical (unpaired) electrons. The summed E-state index contributed by atoms with van der Waals surface area (Å²) in [5, 5.41) is 12.9. The van der Waals surface area contributed by atoms with Crippen molar-refractivity contribution in [1.82, 2.24) is 10.3 Å². The number of aryl methyl sites for hydroxylation is 1. The third-order valence-corrected chi connectivity index (χ3v) is 5.34. The molecule has 0 bridgehead atoms. The predicted molar refractivity (Wildman–Crippen MR) is 97.8 cm³/mol. The molecule has 5 heteroatoms. The minimum Gasteiger partial charge on any atom is -0.493 e. The highest BCUT2D eigenvalue weighted by Gasteiger charge is 2.36. The number of ether oxygens (including phenoxy) is 1. The smallest absolute Gasteiger partial charge is 0.220 e. The molecular formula is C21H24N2O3. The molecule has 1 aromatic heterocycles. The van der Waals surface area contributed by atoms with E-state index in [9.17, 15) is 9.90 Å². The van der Waals surface area contributed by atoms with E-state index in [1.54, 1.807) is 6.20 Å². The highest BCUT2D eigenvalue weighted by molar-refractivity contribution is 5.76. The fourth-order valence-corrected chi connectivity index (χ4v) is 3.81. The molecule has 2 N–H and O–H groups in total. The van der Waals surface area contributed by atoms with E-state index in [1.165, 1.54) is 5.56 Å². The largest absolute Gasteiger partial charge is 0.493 e. The van der Waals surface area contributed by atoms with Crippen LogP contribution in [0, 0.1) is 5.92 Å². The Morgan fingerprint density at radius 3 is 2.96 bits per heavy atom. The predicted octanol–water partition coefficient (Wildman–Crippen LogP) is 2.58. The Morgan fingerprint density at radius 2 is 2.19 bits per heavy atom. The lowest BCUT2D eigenvalue weighted by Gasteiger charge is -2.38. The number of carbonyl (C=O) groups is 1. The summed E-state index contributed by atoms with van der Waals surface area (Å²) in [6.07, 6.45) is 4.93. The lowest BCUT2D eigenvalue weighted by Crippen LogP contribution is -2.41. The number of pyridine rings is 1. The molecule has 1 fully saturated rings. The third-order valence-electron chi connectivity index (χ3n) is 5.34. The second kappa shape index (κ2) is 7.46. The molecule has 2 aliphatic rings. The van der Waals surface area contributed by atoms with Crippen LogP contribution in [0.15, 0.2) is 42.6 Å². The normalized spacial score (nSPS) is 22.0. The van der Waals surface area contributed by atoms with Crippen molar-refractivity contribution in [3.8, 4) is 5.75 Å². The standard InChI is InChI=1S/C21H24N2O3/c24-18-12-16(13-18)21(15-4-6-19-14(11-15)8-10-26-19)23-20(25)7-5-17-3-1-2-9-22-17/h1-4,6,9,11,16,18,21,24H,5,7-8,10,12-13H2,(H,23,25). The van der Waals surface area contributed by atoms with Gasteiger partial charge in [-0.05, 0) is 60.6 Å². The van der Waals surface area contributed by atoms with Crippen molar-refractivity contribution in [2.45, 2.75) is 44.2 Å². The lowest BCUT2D eigenvalue weighted by molar-refractivity contribution is -0.123. The van der Waals surface area contributed by atoms with Crippen molar-refractivity contribution >= 4 is 5.91 Å². The average molecular weight is 352 g/mol. The summed E-state index contributed by atoms with van der Waals surface area (Å²) in [5.41, 5.74) is 3.24. The van der Waals surface area contributed by atoms with Gasteiger partial charge in [0.2, 0.25) is 5.91 Å². The molecule has 1 saturated carbocycles. The quantitative estimate of drug-likeness (QED) is 0.838. The van der Waals surface area contributed by atoms with Crippen LogP contribution in [-0.4, -0.2) is 28.7 Å². The Balaban J connectivity index is 1.44. The van der Waals surface area contributed by atoms with Crippen molar-refractivity contribution in [2.75, 3.05) is 6.61 Å². The molecule has 0 saturated heterocycles. The fraction of sp³-hybridized carbons (Fsp3) is 0.429. The Kier molecular flexibility index (Phi) is 4.89. The number of rotatable bonds is 6. The Bertz CT molecular complexity index is 772. The number of fused-ring (bicyclic) bond motifs is 1. The highest BCUT2D eigenvalue weighted by Crippen LogP contribution is 2.39. The van der Waals surface area contributed by atoms with Crippen molar-refractivity contribution < 1.29 is 14.6 Å². The number of aromatic nitrogens is 1. The number of aliphatic hydroxyl groups is 1. The van der Waals surface area contributed by atoms with Crippen LogP contribution in [0.1, 0.15) is 42.1 Å². The molecule has 2 aromatic rings. The van der Waals surface area contributed by atoms with E-state index in [4.69, 9.17) is 4.74 Å². The van der Waals surface area contributed by atoms with Gasteiger partial charge in [-0.15, -0.1) is 0 Å². The molecule has 4 rings (SSSR count). The van der Waals surface area contributed by atoms with Crippen LogP contribution in [0.5, 0.6) is 5.75 Å². The van der Waals surface area contributed by atoms with Crippen LogP contribution in [0.3, 0.4) is 0 Å². The first-order valence-corrected chi connectivity index (χ1v) is 9.32. The average Bonchev–Trinajstić information content (AvgIpc) is 3.11. The Labute approximate surface area is 153 Å². The second-order valence-electron chi connectivity index (χ2n) is 7.22. The summed E-state index contributed by atoms with van der Waals surface area (Å²) in [4.78, 5) is 16.8. The van der Waals surface area contributed by atoms with Gasteiger partial charge < -0.3 is 15.2 Å². The minimum absolute atomic E-state index is 0.0267. The van der Waals surface area contributed by atoms with E-state index in [-0.39, 0.29) is 24.0 Å². The molecule has 136 valence electrons.